The van der Waals surface area contributed by atoms with Crippen molar-refractivity contribution in [3.63, 3.8) is 0 Å². The maximum atomic E-state index is 13.5. The highest BCUT2D eigenvalue weighted by Gasteiger charge is 2.29. The van der Waals surface area contributed by atoms with Crippen LogP contribution in [0, 0.1) is 5.92 Å². The van der Waals surface area contributed by atoms with Crippen LogP contribution in [0.25, 0.3) is 0 Å². The van der Waals surface area contributed by atoms with Crippen molar-refractivity contribution in [1.82, 2.24) is 30.7 Å². The number of carbonyl (C=O) groups is 5. The smallest absolute Gasteiger partial charge is 0.259 e. The van der Waals surface area contributed by atoms with Gasteiger partial charge in [-0.1, -0.05) is 44.3 Å². The fourth-order valence-corrected chi connectivity index (χ4v) is 5.65. The van der Waals surface area contributed by atoms with Gasteiger partial charge in [0.15, 0.2) is 0 Å². The Hall–Kier alpha value is -4.19. The molecule has 0 saturated heterocycles. The standard InChI is InChI=1S/C44H73N7O12S2/c1-7-9-40(54)51(33-52)19-21-58-23-25-60-27-29-62-31-30-61-28-26-59-24-22-57-20-15-39(53)48-41(35(2)3)43(56)47-38(10-8-16-45-4)42(55)46-37-13-11-36(12-14-37)32-63-44(65)50(6)18-17-49(5)34-64/h7,9,11-14,33-35,38,41,45H,8,10,15-32H2,1-6H3,(H,46,55)(H,47,56)(H,48,53)/b9-7-. The largest absolute Gasteiger partial charge is 0.466 e. The Morgan fingerprint density at radius 3 is 1.82 bits per heavy atom. The number of benzene rings is 1. The fourth-order valence-electron chi connectivity index (χ4n) is 5.40. The number of nitrogens with zero attached hydrogens (tertiary/aromatic N) is 3. The number of thiocarbonyl (C=S) groups is 2. The lowest BCUT2D eigenvalue weighted by Gasteiger charge is -2.25. The van der Waals surface area contributed by atoms with Crippen molar-refractivity contribution in [2.75, 3.05) is 132 Å². The third kappa shape index (κ3) is 29.1. The van der Waals surface area contributed by atoms with E-state index in [2.05, 4.69) is 21.3 Å². The van der Waals surface area contributed by atoms with Crippen LogP contribution in [0.2, 0.25) is 0 Å². The molecule has 0 bridgehead atoms. The first-order valence-electron chi connectivity index (χ1n) is 21.9. The van der Waals surface area contributed by atoms with Gasteiger partial charge >= 0.3 is 0 Å². The van der Waals surface area contributed by atoms with Crippen LogP contribution in [0.1, 0.15) is 45.6 Å². The van der Waals surface area contributed by atoms with E-state index in [4.69, 9.17) is 57.6 Å². The summed E-state index contributed by atoms with van der Waals surface area (Å²) in [6.07, 6.45) is 4.43. The van der Waals surface area contributed by atoms with Gasteiger partial charge in [-0.05, 0) is 75.3 Å². The second kappa shape index (κ2) is 38.0. The molecular formula is C44H73N7O12S2. The van der Waals surface area contributed by atoms with E-state index in [1.807, 2.05) is 56.9 Å². The minimum Gasteiger partial charge on any atom is -0.466 e. The highest BCUT2D eigenvalue weighted by Crippen LogP contribution is 2.13. The molecule has 0 aliphatic carbocycles. The van der Waals surface area contributed by atoms with E-state index in [9.17, 15) is 24.0 Å². The van der Waals surface area contributed by atoms with Crippen molar-refractivity contribution in [2.24, 2.45) is 5.92 Å². The van der Waals surface area contributed by atoms with E-state index in [0.29, 0.717) is 109 Å². The van der Waals surface area contributed by atoms with E-state index >= 15 is 0 Å². The molecule has 0 fully saturated rings. The van der Waals surface area contributed by atoms with E-state index < -0.39 is 18.0 Å². The second-order valence-corrected chi connectivity index (χ2v) is 15.5. The summed E-state index contributed by atoms with van der Waals surface area (Å²) in [5.41, 5.74) is 3.00. The van der Waals surface area contributed by atoms with Gasteiger partial charge in [-0.3, -0.25) is 28.9 Å². The van der Waals surface area contributed by atoms with Crippen LogP contribution in [-0.2, 0) is 63.7 Å². The number of rotatable bonds is 39. The summed E-state index contributed by atoms with van der Waals surface area (Å²) in [5.74, 6) is -1.80. The highest BCUT2D eigenvalue weighted by atomic mass is 32.1. The monoisotopic (exact) mass is 955 g/mol. The lowest BCUT2D eigenvalue weighted by molar-refractivity contribution is -0.135. The molecule has 21 heteroatoms. The average Bonchev–Trinajstić information content (AvgIpc) is 3.29. The third-order valence-corrected chi connectivity index (χ3v) is 10.0. The van der Waals surface area contributed by atoms with Gasteiger partial charge in [-0.2, -0.15) is 0 Å². The number of nitrogens with one attached hydrogen (secondary N) is 4. The van der Waals surface area contributed by atoms with Gasteiger partial charge in [0, 0.05) is 39.3 Å². The lowest BCUT2D eigenvalue weighted by atomic mass is 10.0. The number of likely N-dealkylation sites (N-methyl/N-ethyl adjacent to an activating group) is 2. The zero-order chi connectivity index (χ0) is 48.1. The van der Waals surface area contributed by atoms with Crippen molar-refractivity contribution < 1.29 is 57.1 Å². The first-order valence-corrected chi connectivity index (χ1v) is 22.8. The molecule has 0 radical (unpaired) electrons. The summed E-state index contributed by atoms with van der Waals surface area (Å²) in [4.78, 5) is 67.1. The molecule has 19 nitrogen and oxygen atoms in total. The van der Waals surface area contributed by atoms with Gasteiger partial charge in [0.2, 0.25) is 24.1 Å². The quantitative estimate of drug-likeness (QED) is 0.0322. The summed E-state index contributed by atoms with van der Waals surface area (Å²) in [7, 11) is 5.57. The molecule has 5 amide bonds. The van der Waals surface area contributed by atoms with Crippen LogP contribution >= 0.6 is 24.4 Å². The lowest BCUT2D eigenvalue weighted by Crippen LogP contribution is -2.54. The molecule has 0 aromatic heterocycles. The Labute approximate surface area is 395 Å². The molecule has 1 rings (SSSR count). The number of allylic oxidation sites excluding steroid dienone is 1. The summed E-state index contributed by atoms with van der Waals surface area (Å²) >= 11 is 10.3. The van der Waals surface area contributed by atoms with E-state index in [-0.39, 0.29) is 63.0 Å². The molecular weight excluding hydrogens is 883 g/mol. The fraction of sp³-hybridized carbons (Fsp3) is 0.659. The van der Waals surface area contributed by atoms with Crippen LogP contribution in [0.5, 0.6) is 0 Å². The van der Waals surface area contributed by atoms with Crippen LogP contribution in [0.4, 0.5) is 5.69 Å². The number of anilines is 1. The van der Waals surface area contributed by atoms with Crippen LogP contribution < -0.4 is 21.3 Å². The number of hydrogen-bond donors (Lipinski definition) is 4. The Morgan fingerprint density at radius 1 is 0.754 bits per heavy atom. The molecule has 4 N–H and O–H groups in total. The Morgan fingerprint density at radius 2 is 1.31 bits per heavy atom. The van der Waals surface area contributed by atoms with Crippen molar-refractivity contribution in [3.05, 3.63) is 42.0 Å². The summed E-state index contributed by atoms with van der Waals surface area (Å²) in [5, 5.41) is 12.0. The van der Waals surface area contributed by atoms with E-state index in [1.54, 1.807) is 30.6 Å². The molecule has 368 valence electrons. The zero-order valence-electron chi connectivity index (χ0n) is 39.1. The van der Waals surface area contributed by atoms with Crippen molar-refractivity contribution in [1.29, 1.82) is 0 Å². The number of carbonyl (C=O) groups excluding carboxylic acids is 5. The second-order valence-electron chi connectivity index (χ2n) is 14.9. The number of hydrogen-bond acceptors (Lipinski definition) is 15. The Kier molecular flexibility index (Phi) is 34.4. The van der Waals surface area contributed by atoms with Crippen molar-refractivity contribution in [2.45, 2.75) is 58.7 Å². The molecule has 0 aliphatic heterocycles. The molecule has 2 unspecified atom stereocenters. The molecule has 0 heterocycles. The van der Waals surface area contributed by atoms with E-state index in [0.717, 1.165) is 10.5 Å². The first-order chi connectivity index (χ1) is 31.4. The third-order valence-electron chi connectivity index (χ3n) is 9.21. The van der Waals surface area contributed by atoms with Crippen molar-refractivity contribution in [3.8, 4) is 0 Å². The molecule has 0 saturated carbocycles. The average molecular weight is 956 g/mol. The summed E-state index contributed by atoms with van der Waals surface area (Å²) in [6, 6.07) is 5.50. The molecule has 0 aliphatic rings. The Balaban J connectivity index is 2.29. The highest BCUT2D eigenvalue weighted by molar-refractivity contribution is 7.80. The van der Waals surface area contributed by atoms with Gasteiger partial charge in [0.05, 0.1) is 91.3 Å². The Bertz CT molecular complexity index is 1540. The zero-order valence-corrected chi connectivity index (χ0v) is 40.7. The molecule has 65 heavy (non-hydrogen) atoms. The maximum Gasteiger partial charge on any atom is 0.259 e. The number of imide groups is 1. The van der Waals surface area contributed by atoms with Crippen LogP contribution in [0.15, 0.2) is 36.4 Å². The van der Waals surface area contributed by atoms with E-state index in [1.165, 1.54) is 6.08 Å². The number of ether oxygens (including phenoxy) is 7. The first kappa shape index (κ1) is 58.8. The topological polar surface area (TPSA) is 208 Å². The molecule has 2 atom stereocenters. The minimum absolute atomic E-state index is 0.0435. The SMILES string of the molecule is C/C=C\C(=O)N(C=O)CCOCCOCCOCCOCCOCCOCCC(=O)NC(C(=O)NC(CCCNC)C(=O)Nc1ccc(COC(=S)N(C)CCN(C)C=S)cc1)C(C)C. The maximum absolute atomic E-state index is 13.5. The molecule has 1 aromatic carbocycles. The van der Waals surface area contributed by atoms with Gasteiger partial charge in [0.25, 0.3) is 11.1 Å². The summed E-state index contributed by atoms with van der Waals surface area (Å²) < 4.78 is 38.6. The molecule has 1 aromatic rings. The van der Waals surface area contributed by atoms with Crippen LogP contribution in [0.3, 0.4) is 0 Å². The van der Waals surface area contributed by atoms with Gasteiger partial charge in [-0.25, -0.2) is 0 Å². The number of amides is 5. The molecule has 0 spiro atoms. The van der Waals surface area contributed by atoms with Crippen molar-refractivity contribution >= 4 is 70.8 Å². The predicted molar refractivity (Wildman–Crippen MR) is 255 cm³/mol. The van der Waals surface area contributed by atoms with Gasteiger partial charge < -0.3 is 64.2 Å². The van der Waals surface area contributed by atoms with Crippen LogP contribution in [-0.4, -0.2) is 194 Å². The van der Waals surface area contributed by atoms with Gasteiger partial charge in [-0.15, -0.1) is 0 Å². The minimum atomic E-state index is -0.859. The van der Waals surface area contributed by atoms with Gasteiger partial charge in [0.1, 0.15) is 18.7 Å². The predicted octanol–water partition coefficient (Wildman–Crippen LogP) is 1.92. The normalized spacial score (nSPS) is 12.0. The summed E-state index contributed by atoms with van der Waals surface area (Å²) in [6.45, 7) is 11.8.